The van der Waals surface area contributed by atoms with E-state index < -0.39 is 18.0 Å². The lowest BCUT2D eigenvalue weighted by molar-refractivity contribution is -0.147. The van der Waals surface area contributed by atoms with Crippen LogP contribution in [0, 0.1) is 17.8 Å². The van der Waals surface area contributed by atoms with Crippen molar-refractivity contribution in [2.45, 2.75) is 59.5 Å². The van der Waals surface area contributed by atoms with Crippen LogP contribution in [0.4, 0.5) is 0 Å². The molecule has 0 amide bonds. The number of hydrogen-bond acceptors (Lipinski definition) is 2. The number of hydrogen-bond donors (Lipinski definition) is 2. The molecule has 1 aliphatic carbocycles. The summed E-state index contributed by atoms with van der Waals surface area (Å²) in [6.07, 6.45) is 6.46. The lowest BCUT2D eigenvalue weighted by Gasteiger charge is -2.32. The van der Waals surface area contributed by atoms with E-state index in [9.17, 15) is 15.0 Å². The highest BCUT2D eigenvalue weighted by Gasteiger charge is 2.37. The fourth-order valence-electron chi connectivity index (χ4n) is 3.36. The number of aliphatic carboxylic acids is 1. The monoisotopic (exact) mass is 332 g/mol. The summed E-state index contributed by atoms with van der Waals surface area (Å²) in [4.78, 5) is 11.9. The van der Waals surface area contributed by atoms with Crippen LogP contribution in [0.2, 0.25) is 0 Å². The van der Waals surface area contributed by atoms with E-state index in [1.165, 1.54) is 5.57 Å². The van der Waals surface area contributed by atoms with Crippen LogP contribution in [0.15, 0.2) is 47.6 Å². The first-order valence-electron chi connectivity index (χ1n) is 8.69. The van der Waals surface area contributed by atoms with E-state index in [0.717, 1.165) is 36.0 Å². The van der Waals surface area contributed by atoms with Crippen molar-refractivity contribution in [2.24, 2.45) is 17.8 Å². The summed E-state index contributed by atoms with van der Waals surface area (Å²) < 4.78 is 0. The van der Waals surface area contributed by atoms with Crippen LogP contribution < -0.4 is 0 Å². The molecule has 0 spiro atoms. The molecule has 0 aromatic rings. The largest absolute Gasteiger partial charge is 0.481 e. The Morgan fingerprint density at radius 2 is 1.79 bits per heavy atom. The Hall–Kier alpha value is -1.61. The zero-order chi connectivity index (χ0) is 18.4. The summed E-state index contributed by atoms with van der Waals surface area (Å²) in [5.74, 6) is -1.92. The van der Waals surface area contributed by atoms with Gasteiger partial charge >= 0.3 is 5.97 Å². The molecule has 0 fully saturated rings. The molecule has 4 atom stereocenters. The molecule has 0 aromatic heterocycles. The van der Waals surface area contributed by atoms with Gasteiger partial charge in [0.25, 0.3) is 0 Å². The van der Waals surface area contributed by atoms with Crippen LogP contribution in [-0.4, -0.2) is 22.3 Å². The summed E-state index contributed by atoms with van der Waals surface area (Å²) in [5.41, 5.74) is 3.91. The lowest BCUT2D eigenvalue weighted by Crippen LogP contribution is -2.37. The van der Waals surface area contributed by atoms with Crippen molar-refractivity contribution in [1.82, 2.24) is 0 Å². The zero-order valence-electron chi connectivity index (χ0n) is 15.5. The van der Waals surface area contributed by atoms with Gasteiger partial charge in [0.05, 0.1) is 12.0 Å². The fraction of sp³-hybridized carbons (Fsp3) is 0.571. The van der Waals surface area contributed by atoms with Gasteiger partial charge in [0.1, 0.15) is 0 Å². The normalized spacial score (nSPS) is 33.9. The third-order valence-corrected chi connectivity index (χ3v) is 5.15. The molecule has 2 N–H and O–H groups in total. The first-order chi connectivity index (χ1) is 11.1. The van der Waals surface area contributed by atoms with E-state index in [-0.39, 0.29) is 11.8 Å². The number of allylic oxidation sites excluding steroid dienone is 5. The van der Waals surface area contributed by atoms with Gasteiger partial charge in [0.15, 0.2) is 0 Å². The first kappa shape index (κ1) is 20.4. The summed E-state index contributed by atoms with van der Waals surface area (Å²) in [5, 5.41) is 20.4. The molecule has 0 saturated heterocycles. The van der Waals surface area contributed by atoms with Crippen LogP contribution in [-0.2, 0) is 4.79 Å². The highest BCUT2D eigenvalue weighted by atomic mass is 16.4. The quantitative estimate of drug-likeness (QED) is 0.723. The van der Waals surface area contributed by atoms with Crippen molar-refractivity contribution < 1.29 is 15.0 Å². The Kier molecular flexibility index (Phi) is 7.68. The van der Waals surface area contributed by atoms with Gasteiger partial charge in [-0.1, -0.05) is 42.0 Å². The molecule has 1 rings (SSSR count). The number of rotatable bonds is 3. The predicted octanol–water partition coefficient (Wildman–Crippen LogP) is 4.90. The average Bonchev–Trinajstić information content (AvgIpc) is 2.47. The van der Waals surface area contributed by atoms with E-state index in [4.69, 9.17) is 0 Å². The van der Waals surface area contributed by atoms with Gasteiger partial charge in [-0.2, -0.15) is 0 Å². The second-order valence-corrected chi connectivity index (χ2v) is 7.31. The minimum absolute atomic E-state index is 0.194. The molecule has 0 radical (unpaired) electrons. The van der Waals surface area contributed by atoms with E-state index in [2.05, 4.69) is 26.2 Å². The van der Waals surface area contributed by atoms with Crippen molar-refractivity contribution in [3.63, 3.8) is 0 Å². The molecule has 134 valence electrons. The van der Waals surface area contributed by atoms with Crippen molar-refractivity contribution in [1.29, 1.82) is 0 Å². The number of carbonyl (C=O) groups is 1. The maximum Gasteiger partial charge on any atom is 0.310 e. The smallest absolute Gasteiger partial charge is 0.310 e. The molecule has 0 aliphatic heterocycles. The highest BCUT2D eigenvalue weighted by Crippen LogP contribution is 2.35. The molecule has 0 heterocycles. The average molecular weight is 332 g/mol. The minimum atomic E-state index is -0.987. The molecular formula is C21H32O3. The second-order valence-electron chi connectivity index (χ2n) is 7.31. The van der Waals surface area contributed by atoms with Crippen LogP contribution in [0.25, 0.3) is 0 Å². The number of carboxylic acids is 1. The molecule has 3 nitrogen and oxygen atoms in total. The Labute approximate surface area is 146 Å². The fourth-order valence-corrected chi connectivity index (χ4v) is 3.36. The molecule has 1 aliphatic rings. The summed E-state index contributed by atoms with van der Waals surface area (Å²) >= 11 is 0. The minimum Gasteiger partial charge on any atom is -0.481 e. The third kappa shape index (κ3) is 5.48. The second kappa shape index (κ2) is 9.03. The van der Waals surface area contributed by atoms with Gasteiger partial charge in [0.2, 0.25) is 0 Å². The topological polar surface area (TPSA) is 57.5 Å². The van der Waals surface area contributed by atoms with Gasteiger partial charge in [-0.05, 0) is 70.8 Å². The zero-order valence-corrected chi connectivity index (χ0v) is 15.5. The number of carboxylic acid groups (broad SMARTS) is 1. The molecule has 0 bridgehead atoms. The maximum atomic E-state index is 11.9. The Morgan fingerprint density at radius 3 is 2.29 bits per heavy atom. The highest BCUT2D eigenvalue weighted by molar-refractivity contribution is 5.72. The molecule has 0 aromatic carbocycles. The Balaban J connectivity index is 3.32. The van der Waals surface area contributed by atoms with Crippen molar-refractivity contribution >= 4 is 5.97 Å². The predicted molar refractivity (Wildman–Crippen MR) is 99.7 cm³/mol. The standard InChI is InChI=1S/C21H32O3/c1-13(2)17-11-10-15(5)8-7-9-16(6)20(22)19(21(23)24)18(12-17)14(3)4/h9-10,17-20,22H,1,3,7-8,11-12H2,2,4-6H3,(H,23,24)/b15-10-,16-9-/t17?,18-,19+,20+/m1/s1. The number of aliphatic hydroxyl groups excluding tert-OH is 1. The molecule has 1 unspecified atom stereocenters. The molecule has 3 heteroatoms. The summed E-state index contributed by atoms with van der Waals surface area (Å²) in [6.45, 7) is 15.9. The van der Waals surface area contributed by atoms with Crippen LogP contribution in [0.5, 0.6) is 0 Å². The summed E-state index contributed by atoms with van der Waals surface area (Å²) in [7, 11) is 0. The van der Waals surface area contributed by atoms with E-state index >= 15 is 0 Å². The van der Waals surface area contributed by atoms with E-state index in [1.54, 1.807) is 0 Å². The van der Waals surface area contributed by atoms with E-state index in [1.807, 2.05) is 26.8 Å². The van der Waals surface area contributed by atoms with E-state index in [0.29, 0.717) is 6.42 Å². The first-order valence-corrected chi connectivity index (χ1v) is 8.69. The summed E-state index contributed by atoms with van der Waals surface area (Å²) in [6, 6.07) is 0. The van der Waals surface area contributed by atoms with Gasteiger partial charge in [0, 0.05) is 0 Å². The molecule has 0 saturated carbocycles. The molecule has 24 heavy (non-hydrogen) atoms. The van der Waals surface area contributed by atoms with Crippen LogP contribution >= 0.6 is 0 Å². The third-order valence-electron chi connectivity index (χ3n) is 5.15. The van der Waals surface area contributed by atoms with Gasteiger partial charge in [-0.25, -0.2) is 0 Å². The van der Waals surface area contributed by atoms with Gasteiger partial charge in [-0.3, -0.25) is 4.79 Å². The molecular weight excluding hydrogens is 300 g/mol. The van der Waals surface area contributed by atoms with Crippen molar-refractivity contribution in [2.75, 3.05) is 0 Å². The van der Waals surface area contributed by atoms with Crippen molar-refractivity contribution in [3.05, 3.63) is 47.6 Å². The number of aliphatic hydroxyl groups is 1. The van der Waals surface area contributed by atoms with Crippen LogP contribution in [0.3, 0.4) is 0 Å². The van der Waals surface area contributed by atoms with Crippen molar-refractivity contribution in [3.8, 4) is 0 Å². The van der Waals surface area contributed by atoms with Crippen LogP contribution in [0.1, 0.15) is 53.4 Å². The Bertz CT molecular complexity index is 553. The Morgan fingerprint density at radius 1 is 1.17 bits per heavy atom. The van der Waals surface area contributed by atoms with Gasteiger partial charge in [-0.15, -0.1) is 0 Å². The lowest BCUT2D eigenvalue weighted by atomic mass is 9.74. The SMILES string of the molecule is C=C(C)C1C/C=C(/C)CC/C=C(/C)[C@H](O)[C@@H](C(=O)O)[C@@H](C(=C)C)C1. The maximum absolute atomic E-state index is 11.9. The van der Waals surface area contributed by atoms with Gasteiger partial charge < -0.3 is 10.2 Å².